The fourth-order valence-electron chi connectivity index (χ4n) is 3.15. The first-order chi connectivity index (χ1) is 9.01. The Labute approximate surface area is 116 Å². The zero-order valence-corrected chi connectivity index (χ0v) is 12.5. The van der Waals surface area contributed by atoms with Crippen LogP contribution in [-0.2, 0) is 9.53 Å². The zero-order chi connectivity index (χ0) is 13.9. The molecular weight excluding hydrogens is 240 g/mol. The number of ether oxygens (including phenoxy) is 1. The molecule has 0 aromatic rings. The summed E-state index contributed by atoms with van der Waals surface area (Å²) in [6.07, 6.45) is 3.66. The highest BCUT2D eigenvalue weighted by molar-refractivity contribution is 5.82. The summed E-state index contributed by atoms with van der Waals surface area (Å²) >= 11 is 0. The van der Waals surface area contributed by atoms with Gasteiger partial charge in [-0.05, 0) is 45.2 Å². The number of amides is 1. The molecule has 3 atom stereocenters. The van der Waals surface area contributed by atoms with E-state index in [-0.39, 0.29) is 17.4 Å². The molecule has 0 bridgehead atoms. The molecule has 2 fully saturated rings. The van der Waals surface area contributed by atoms with E-state index in [1.807, 2.05) is 0 Å². The first-order valence-electron chi connectivity index (χ1n) is 7.62. The van der Waals surface area contributed by atoms with E-state index in [4.69, 9.17) is 4.74 Å². The van der Waals surface area contributed by atoms with Crippen molar-refractivity contribution in [2.24, 2.45) is 17.3 Å². The second kappa shape index (κ2) is 6.23. The highest BCUT2D eigenvalue weighted by Gasteiger charge is 2.37. The van der Waals surface area contributed by atoms with Gasteiger partial charge in [-0.1, -0.05) is 13.8 Å². The standard InChI is InChI=1S/C15H28N2O2/c1-11-12(6-8-19-11)9-17-14(18)15(2,3)13-5-4-7-16-10-13/h11-13,16H,4-10H2,1-3H3,(H,17,18). The lowest BCUT2D eigenvalue weighted by Crippen LogP contribution is -2.48. The Bertz CT molecular complexity index is 311. The van der Waals surface area contributed by atoms with E-state index in [1.165, 1.54) is 6.42 Å². The molecule has 2 saturated heterocycles. The summed E-state index contributed by atoms with van der Waals surface area (Å²) in [4.78, 5) is 12.4. The van der Waals surface area contributed by atoms with Crippen molar-refractivity contribution in [3.8, 4) is 0 Å². The lowest BCUT2D eigenvalue weighted by Gasteiger charge is -2.36. The number of piperidine rings is 1. The second-order valence-electron chi connectivity index (χ2n) is 6.60. The van der Waals surface area contributed by atoms with E-state index >= 15 is 0 Å². The average molecular weight is 268 g/mol. The smallest absolute Gasteiger partial charge is 0.225 e. The summed E-state index contributed by atoms with van der Waals surface area (Å²) in [6, 6.07) is 0. The van der Waals surface area contributed by atoms with Crippen LogP contribution >= 0.6 is 0 Å². The predicted molar refractivity (Wildman–Crippen MR) is 75.9 cm³/mol. The molecule has 2 heterocycles. The van der Waals surface area contributed by atoms with Crippen molar-refractivity contribution in [1.29, 1.82) is 0 Å². The van der Waals surface area contributed by atoms with Gasteiger partial charge in [0.05, 0.1) is 6.10 Å². The molecule has 2 aliphatic heterocycles. The molecule has 4 heteroatoms. The van der Waals surface area contributed by atoms with Crippen molar-refractivity contribution in [3.63, 3.8) is 0 Å². The van der Waals surface area contributed by atoms with E-state index in [2.05, 4.69) is 31.4 Å². The van der Waals surface area contributed by atoms with E-state index < -0.39 is 0 Å². The van der Waals surface area contributed by atoms with E-state index in [1.54, 1.807) is 0 Å². The normalized spacial score (nSPS) is 32.3. The zero-order valence-electron chi connectivity index (χ0n) is 12.5. The Morgan fingerprint density at radius 3 is 2.79 bits per heavy atom. The summed E-state index contributed by atoms with van der Waals surface area (Å²) in [6.45, 7) is 9.89. The van der Waals surface area contributed by atoms with Gasteiger partial charge in [0.25, 0.3) is 0 Å². The van der Waals surface area contributed by atoms with Crippen molar-refractivity contribution in [2.45, 2.75) is 46.1 Å². The fourth-order valence-corrected chi connectivity index (χ4v) is 3.15. The van der Waals surface area contributed by atoms with Crippen LogP contribution in [0.4, 0.5) is 0 Å². The SMILES string of the molecule is CC1OCCC1CNC(=O)C(C)(C)C1CCCNC1. The first-order valence-corrected chi connectivity index (χ1v) is 7.62. The van der Waals surface area contributed by atoms with Crippen LogP contribution in [0.3, 0.4) is 0 Å². The van der Waals surface area contributed by atoms with Crippen molar-refractivity contribution in [2.75, 3.05) is 26.2 Å². The summed E-state index contributed by atoms with van der Waals surface area (Å²) in [5, 5.41) is 6.55. The van der Waals surface area contributed by atoms with Crippen LogP contribution in [0.15, 0.2) is 0 Å². The van der Waals surface area contributed by atoms with Crippen LogP contribution in [-0.4, -0.2) is 38.3 Å². The third kappa shape index (κ3) is 3.48. The molecule has 19 heavy (non-hydrogen) atoms. The summed E-state index contributed by atoms with van der Waals surface area (Å²) in [5.41, 5.74) is -0.282. The quantitative estimate of drug-likeness (QED) is 0.813. The minimum atomic E-state index is -0.282. The van der Waals surface area contributed by atoms with Crippen molar-refractivity contribution >= 4 is 5.91 Å². The van der Waals surface area contributed by atoms with Crippen LogP contribution in [0.5, 0.6) is 0 Å². The molecule has 1 amide bonds. The van der Waals surface area contributed by atoms with Crippen molar-refractivity contribution < 1.29 is 9.53 Å². The molecule has 2 N–H and O–H groups in total. The predicted octanol–water partition coefficient (Wildman–Crippen LogP) is 1.55. The van der Waals surface area contributed by atoms with Gasteiger partial charge in [0, 0.05) is 24.5 Å². The van der Waals surface area contributed by atoms with Crippen LogP contribution in [0.25, 0.3) is 0 Å². The third-order valence-electron chi connectivity index (χ3n) is 4.96. The molecule has 0 spiro atoms. The lowest BCUT2D eigenvalue weighted by atomic mass is 9.74. The summed E-state index contributed by atoms with van der Waals surface area (Å²) in [7, 11) is 0. The van der Waals surface area contributed by atoms with Crippen LogP contribution < -0.4 is 10.6 Å². The maximum absolute atomic E-state index is 12.4. The van der Waals surface area contributed by atoms with Crippen LogP contribution in [0, 0.1) is 17.3 Å². The Morgan fingerprint density at radius 1 is 1.42 bits per heavy atom. The molecule has 2 aliphatic rings. The fraction of sp³-hybridized carbons (Fsp3) is 0.933. The van der Waals surface area contributed by atoms with Crippen molar-refractivity contribution in [3.05, 3.63) is 0 Å². The maximum atomic E-state index is 12.4. The van der Waals surface area contributed by atoms with Gasteiger partial charge < -0.3 is 15.4 Å². The Kier molecular flexibility index (Phi) is 4.85. The van der Waals surface area contributed by atoms with Gasteiger partial charge in [-0.25, -0.2) is 0 Å². The van der Waals surface area contributed by atoms with Gasteiger partial charge in [0.15, 0.2) is 0 Å². The van der Waals surface area contributed by atoms with Gasteiger partial charge in [-0.3, -0.25) is 4.79 Å². The molecule has 3 unspecified atom stereocenters. The topological polar surface area (TPSA) is 50.4 Å². The molecule has 110 valence electrons. The third-order valence-corrected chi connectivity index (χ3v) is 4.96. The van der Waals surface area contributed by atoms with E-state index in [0.29, 0.717) is 11.8 Å². The number of carbonyl (C=O) groups excluding carboxylic acids is 1. The Morgan fingerprint density at radius 2 is 2.21 bits per heavy atom. The number of hydrogen-bond donors (Lipinski definition) is 2. The highest BCUT2D eigenvalue weighted by atomic mass is 16.5. The number of nitrogens with one attached hydrogen (secondary N) is 2. The van der Waals surface area contributed by atoms with E-state index in [9.17, 15) is 4.79 Å². The highest BCUT2D eigenvalue weighted by Crippen LogP contribution is 2.32. The molecule has 4 nitrogen and oxygen atoms in total. The van der Waals surface area contributed by atoms with E-state index in [0.717, 1.165) is 39.1 Å². The van der Waals surface area contributed by atoms with Crippen LogP contribution in [0.1, 0.15) is 40.0 Å². The molecule has 0 aromatic heterocycles. The molecular formula is C15H28N2O2. The average Bonchev–Trinajstić information content (AvgIpc) is 2.82. The van der Waals surface area contributed by atoms with Gasteiger partial charge >= 0.3 is 0 Å². The summed E-state index contributed by atoms with van der Waals surface area (Å²) < 4.78 is 5.54. The second-order valence-corrected chi connectivity index (χ2v) is 6.60. The minimum absolute atomic E-state index is 0.195. The number of hydrogen-bond acceptors (Lipinski definition) is 3. The first kappa shape index (κ1) is 14.8. The monoisotopic (exact) mass is 268 g/mol. The molecule has 0 saturated carbocycles. The van der Waals surface area contributed by atoms with Gasteiger partial charge in [-0.2, -0.15) is 0 Å². The summed E-state index contributed by atoms with van der Waals surface area (Å²) in [5.74, 6) is 1.11. The largest absolute Gasteiger partial charge is 0.378 e. The van der Waals surface area contributed by atoms with Crippen LogP contribution in [0.2, 0.25) is 0 Å². The van der Waals surface area contributed by atoms with Gasteiger partial charge in [0.1, 0.15) is 0 Å². The van der Waals surface area contributed by atoms with Crippen molar-refractivity contribution in [1.82, 2.24) is 10.6 Å². The molecule has 2 rings (SSSR count). The molecule has 0 aliphatic carbocycles. The van der Waals surface area contributed by atoms with Gasteiger partial charge in [0.2, 0.25) is 5.91 Å². The Hall–Kier alpha value is -0.610. The molecule has 0 aromatic carbocycles. The Balaban J connectivity index is 1.83. The number of carbonyl (C=O) groups is 1. The minimum Gasteiger partial charge on any atom is -0.378 e. The molecule has 0 radical (unpaired) electrons. The number of rotatable bonds is 4. The lowest BCUT2D eigenvalue weighted by molar-refractivity contribution is -0.132. The maximum Gasteiger partial charge on any atom is 0.225 e. The van der Waals surface area contributed by atoms with Gasteiger partial charge in [-0.15, -0.1) is 0 Å².